The average Bonchev–Trinajstić information content (AvgIpc) is 2.49. The number of aliphatic imine (C=N–C) groups is 1. The first-order valence-electron chi connectivity index (χ1n) is 6.31. The van der Waals surface area contributed by atoms with Crippen LogP contribution in [0.3, 0.4) is 0 Å². The molecule has 2 aromatic rings. The van der Waals surface area contributed by atoms with Crippen molar-refractivity contribution < 1.29 is 0 Å². The van der Waals surface area contributed by atoms with Crippen LogP contribution in [0, 0.1) is 11.3 Å². The molecule has 2 N–H and O–H groups in total. The normalized spacial score (nSPS) is 10.8. The van der Waals surface area contributed by atoms with Crippen molar-refractivity contribution in [3.8, 4) is 6.07 Å². The van der Waals surface area contributed by atoms with E-state index in [4.69, 9.17) is 11.1 Å². The lowest BCUT2D eigenvalue weighted by molar-refractivity contribution is 0.285. The minimum atomic E-state index is 0.425. The van der Waals surface area contributed by atoms with Gasteiger partial charge < -0.3 is 0 Å². The van der Waals surface area contributed by atoms with E-state index in [1.807, 2.05) is 42.5 Å². The number of hydrogen-bond donors (Lipinski definition) is 1. The first-order valence-corrected chi connectivity index (χ1v) is 6.31. The Labute approximate surface area is 118 Å². The maximum atomic E-state index is 8.71. The summed E-state index contributed by atoms with van der Waals surface area (Å²) in [4.78, 5) is 4.29. The second kappa shape index (κ2) is 7.19. The topological polar surface area (TPSA) is 65.4 Å². The van der Waals surface area contributed by atoms with E-state index >= 15 is 0 Å². The molecule has 0 aliphatic rings. The van der Waals surface area contributed by atoms with Gasteiger partial charge in [-0.3, -0.25) is 10.8 Å². The highest BCUT2D eigenvalue weighted by atomic mass is 15.4. The molecular formula is C16H16N4. The molecule has 0 bridgehead atoms. The van der Waals surface area contributed by atoms with Crippen molar-refractivity contribution in [1.82, 2.24) is 5.01 Å². The van der Waals surface area contributed by atoms with Gasteiger partial charge in [0.1, 0.15) is 6.67 Å². The minimum Gasteiger partial charge on any atom is -0.276 e. The fraction of sp³-hybridized carbons (Fsp3) is 0.125. The van der Waals surface area contributed by atoms with Crippen LogP contribution in [-0.4, -0.2) is 17.9 Å². The Morgan fingerprint density at radius 3 is 2.45 bits per heavy atom. The number of nitriles is 1. The molecule has 0 amide bonds. The fourth-order valence-electron chi connectivity index (χ4n) is 1.76. The van der Waals surface area contributed by atoms with Crippen molar-refractivity contribution in [2.75, 3.05) is 6.67 Å². The highest BCUT2D eigenvalue weighted by Gasteiger charge is 1.98. The zero-order valence-electron chi connectivity index (χ0n) is 11.1. The van der Waals surface area contributed by atoms with Crippen LogP contribution in [0.4, 0.5) is 0 Å². The molecular weight excluding hydrogens is 248 g/mol. The molecule has 0 atom stereocenters. The summed E-state index contributed by atoms with van der Waals surface area (Å²) in [6.45, 7) is 1.08. The number of hydrogen-bond acceptors (Lipinski definition) is 4. The van der Waals surface area contributed by atoms with Crippen molar-refractivity contribution in [3.63, 3.8) is 0 Å². The van der Waals surface area contributed by atoms with Gasteiger partial charge >= 0.3 is 0 Å². The lowest BCUT2D eigenvalue weighted by Gasteiger charge is -2.13. The maximum Gasteiger partial charge on any atom is 0.104 e. The Bertz CT molecular complexity index is 597. The molecule has 0 heterocycles. The van der Waals surface area contributed by atoms with E-state index in [9.17, 15) is 0 Å². The lowest BCUT2D eigenvalue weighted by atomic mass is 10.2. The monoisotopic (exact) mass is 264 g/mol. The Hall–Kier alpha value is -2.48. The van der Waals surface area contributed by atoms with E-state index in [1.54, 1.807) is 23.4 Å². The Kier molecular flexibility index (Phi) is 5.01. The van der Waals surface area contributed by atoms with E-state index in [1.165, 1.54) is 0 Å². The van der Waals surface area contributed by atoms with E-state index < -0.39 is 0 Å². The molecule has 4 heteroatoms. The van der Waals surface area contributed by atoms with Gasteiger partial charge in [-0.1, -0.05) is 42.5 Å². The number of hydrazine groups is 1. The van der Waals surface area contributed by atoms with Crippen LogP contribution in [0.5, 0.6) is 0 Å². The van der Waals surface area contributed by atoms with Gasteiger partial charge in [-0.15, -0.1) is 0 Å². The van der Waals surface area contributed by atoms with E-state index in [-0.39, 0.29) is 0 Å². The minimum absolute atomic E-state index is 0.425. The Morgan fingerprint density at radius 2 is 1.80 bits per heavy atom. The van der Waals surface area contributed by atoms with Crippen molar-refractivity contribution in [2.45, 2.75) is 6.54 Å². The second-order valence-electron chi connectivity index (χ2n) is 4.42. The highest BCUT2D eigenvalue weighted by molar-refractivity contribution is 5.79. The Balaban J connectivity index is 1.84. The van der Waals surface area contributed by atoms with Gasteiger partial charge in [0.05, 0.1) is 11.6 Å². The molecule has 0 radical (unpaired) electrons. The highest BCUT2D eigenvalue weighted by Crippen LogP contribution is 2.02. The molecule has 0 fully saturated rings. The van der Waals surface area contributed by atoms with Gasteiger partial charge in [0.15, 0.2) is 0 Å². The van der Waals surface area contributed by atoms with Gasteiger partial charge in [0.2, 0.25) is 0 Å². The van der Waals surface area contributed by atoms with Crippen LogP contribution in [-0.2, 0) is 6.54 Å². The third kappa shape index (κ3) is 4.32. The van der Waals surface area contributed by atoms with E-state index in [0.717, 1.165) is 11.1 Å². The second-order valence-corrected chi connectivity index (χ2v) is 4.42. The summed E-state index contributed by atoms with van der Waals surface area (Å²) < 4.78 is 0. The molecule has 2 aromatic carbocycles. The molecule has 2 rings (SSSR count). The smallest absolute Gasteiger partial charge is 0.104 e. The molecule has 0 spiro atoms. The average molecular weight is 264 g/mol. The lowest BCUT2D eigenvalue weighted by Crippen LogP contribution is -2.30. The summed E-state index contributed by atoms with van der Waals surface area (Å²) in [5.41, 5.74) is 2.76. The first-order chi connectivity index (χ1) is 9.78. The van der Waals surface area contributed by atoms with Gasteiger partial charge in [-0.2, -0.15) is 5.26 Å². The molecule has 0 aliphatic heterocycles. The summed E-state index contributed by atoms with van der Waals surface area (Å²) in [6.07, 6.45) is 1.76. The summed E-state index contributed by atoms with van der Waals surface area (Å²) >= 11 is 0. The van der Waals surface area contributed by atoms with Crippen LogP contribution in [0.15, 0.2) is 59.6 Å². The molecule has 20 heavy (non-hydrogen) atoms. The summed E-state index contributed by atoms with van der Waals surface area (Å²) in [5, 5.41) is 10.4. The van der Waals surface area contributed by atoms with Crippen LogP contribution < -0.4 is 5.84 Å². The van der Waals surface area contributed by atoms with E-state index in [0.29, 0.717) is 18.8 Å². The van der Waals surface area contributed by atoms with Crippen LogP contribution in [0.2, 0.25) is 0 Å². The van der Waals surface area contributed by atoms with E-state index in [2.05, 4.69) is 11.1 Å². The zero-order chi connectivity index (χ0) is 14.2. The molecule has 0 saturated carbocycles. The molecule has 0 aromatic heterocycles. The van der Waals surface area contributed by atoms with Crippen molar-refractivity contribution in [1.29, 1.82) is 5.26 Å². The summed E-state index contributed by atoms with van der Waals surface area (Å²) in [5.74, 6) is 5.89. The molecule has 4 nitrogen and oxygen atoms in total. The first kappa shape index (κ1) is 13.9. The van der Waals surface area contributed by atoms with Gasteiger partial charge in [0, 0.05) is 12.8 Å². The van der Waals surface area contributed by atoms with Gasteiger partial charge in [-0.25, -0.2) is 5.01 Å². The number of nitrogens with zero attached hydrogens (tertiary/aromatic N) is 3. The third-order valence-electron chi connectivity index (χ3n) is 2.77. The summed E-state index contributed by atoms with van der Waals surface area (Å²) in [6, 6.07) is 19.4. The number of benzene rings is 2. The van der Waals surface area contributed by atoms with Gasteiger partial charge in [-0.05, 0) is 23.3 Å². The fourth-order valence-corrected chi connectivity index (χ4v) is 1.76. The van der Waals surface area contributed by atoms with Crippen molar-refractivity contribution in [2.24, 2.45) is 10.8 Å². The third-order valence-corrected chi connectivity index (χ3v) is 2.77. The molecule has 0 aliphatic carbocycles. The largest absolute Gasteiger partial charge is 0.276 e. The quantitative estimate of drug-likeness (QED) is 0.512. The Morgan fingerprint density at radius 1 is 1.10 bits per heavy atom. The molecule has 0 unspecified atom stereocenters. The van der Waals surface area contributed by atoms with Crippen LogP contribution in [0.25, 0.3) is 0 Å². The SMILES string of the molecule is N#Cc1ccc(C=NCN(N)Cc2ccccc2)cc1. The van der Waals surface area contributed by atoms with Crippen LogP contribution in [0.1, 0.15) is 16.7 Å². The zero-order valence-corrected chi connectivity index (χ0v) is 11.1. The molecule has 100 valence electrons. The number of rotatable bonds is 5. The van der Waals surface area contributed by atoms with Crippen molar-refractivity contribution >= 4 is 6.21 Å². The van der Waals surface area contributed by atoms with Crippen molar-refractivity contribution in [3.05, 3.63) is 71.3 Å². The van der Waals surface area contributed by atoms with Gasteiger partial charge in [0.25, 0.3) is 0 Å². The molecule has 0 saturated heterocycles. The predicted octanol–water partition coefficient (Wildman–Crippen LogP) is 2.31. The predicted molar refractivity (Wildman–Crippen MR) is 79.8 cm³/mol. The standard InChI is InChI=1S/C16H16N4/c17-10-14-6-8-15(9-7-14)11-19-13-20(18)12-16-4-2-1-3-5-16/h1-9,11H,12-13,18H2. The van der Waals surface area contributed by atoms with Crippen LogP contribution >= 0.6 is 0 Å². The summed E-state index contributed by atoms with van der Waals surface area (Å²) in [7, 11) is 0. The number of nitrogens with two attached hydrogens (primary N) is 1. The maximum absolute atomic E-state index is 8.71.